The van der Waals surface area contributed by atoms with Gasteiger partial charge in [0.25, 0.3) is 11.8 Å². The zero-order valence-electron chi connectivity index (χ0n) is 17.3. The van der Waals surface area contributed by atoms with E-state index < -0.39 is 0 Å². The van der Waals surface area contributed by atoms with E-state index in [0.29, 0.717) is 37.7 Å². The van der Waals surface area contributed by atoms with Gasteiger partial charge in [0, 0.05) is 38.6 Å². The molecule has 0 radical (unpaired) electrons. The third kappa shape index (κ3) is 4.22. The van der Waals surface area contributed by atoms with Gasteiger partial charge < -0.3 is 9.80 Å². The molecule has 1 aliphatic heterocycles. The van der Waals surface area contributed by atoms with Crippen LogP contribution in [0.2, 0.25) is 0 Å². The molecule has 1 aliphatic rings. The minimum absolute atomic E-state index is 0.0522. The lowest BCUT2D eigenvalue weighted by molar-refractivity contribution is 0.0525. The molecule has 0 unspecified atom stereocenters. The SMILES string of the molecule is O=C(c1cnccn1)N1CCN(C(=O)c2nc(-c3cccs3)n(-c3ccc(F)cc3)n2)CC1. The average Bonchev–Trinajstić information content (AvgIpc) is 3.55. The van der Waals surface area contributed by atoms with Gasteiger partial charge >= 0.3 is 0 Å². The minimum Gasteiger partial charge on any atom is -0.334 e. The van der Waals surface area contributed by atoms with Gasteiger partial charge in [-0.1, -0.05) is 6.07 Å². The second-order valence-electron chi connectivity index (χ2n) is 7.30. The highest BCUT2D eigenvalue weighted by atomic mass is 32.1. The van der Waals surface area contributed by atoms with Crippen LogP contribution in [0.15, 0.2) is 60.4 Å². The van der Waals surface area contributed by atoms with Crippen molar-refractivity contribution < 1.29 is 14.0 Å². The quantitative estimate of drug-likeness (QED) is 0.461. The van der Waals surface area contributed by atoms with E-state index in [0.717, 1.165) is 4.88 Å². The van der Waals surface area contributed by atoms with Gasteiger partial charge in [-0.25, -0.2) is 19.0 Å². The van der Waals surface area contributed by atoms with Crippen molar-refractivity contribution >= 4 is 23.2 Å². The highest BCUT2D eigenvalue weighted by Crippen LogP contribution is 2.26. The first-order valence-electron chi connectivity index (χ1n) is 10.2. The maximum Gasteiger partial charge on any atom is 0.293 e. The maximum absolute atomic E-state index is 13.4. The molecule has 2 amide bonds. The fraction of sp³-hybridized carbons (Fsp3) is 0.182. The van der Waals surface area contributed by atoms with Crippen molar-refractivity contribution in [3.63, 3.8) is 0 Å². The van der Waals surface area contributed by atoms with Crippen LogP contribution in [-0.4, -0.2) is 72.5 Å². The summed E-state index contributed by atoms with van der Waals surface area (Å²) in [6, 6.07) is 9.63. The summed E-state index contributed by atoms with van der Waals surface area (Å²) >= 11 is 1.47. The summed E-state index contributed by atoms with van der Waals surface area (Å²) in [5.41, 5.74) is 0.878. The zero-order valence-corrected chi connectivity index (χ0v) is 18.2. The van der Waals surface area contributed by atoms with Gasteiger partial charge in [-0.15, -0.1) is 16.4 Å². The number of benzene rings is 1. The molecule has 11 heteroatoms. The van der Waals surface area contributed by atoms with Crippen LogP contribution in [0.25, 0.3) is 16.4 Å². The van der Waals surface area contributed by atoms with Crippen LogP contribution in [0.3, 0.4) is 0 Å². The molecule has 1 aromatic carbocycles. The molecule has 1 fully saturated rings. The molecular formula is C22H18FN7O2S. The second kappa shape index (κ2) is 8.87. The normalized spacial score (nSPS) is 13.8. The van der Waals surface area contributed by atoms with Crippen LogP contribution in [0.1, 0.15) is 21.1 Å². The summed E-state index contributed by atoms with van der Waals surface area (Å²) in [4.78, 5) is 42.3. The van der Waals surface area contributed by atoms with Crippen molar-refractivity contribution in [3.8, 4) is 16.4 Å². The summed E-state index contributed by atoms with van der Waals surface area (Å²) in [7, 11) is 0. The molecular weight excluding hydrogens is 445 g/mol. The Labute approximate surface area is 192 Å². The maximum atomic E-state index is 13.4. The van der Waals surface area contributed by atoms with Crippen LogP contribution in [0.5, 0.6) is 0 Å². The van der Waals surface area contributed by atoms with Crippen molar-refractivity contribution in [3.05, 3.63) is 77.7 Å². The lowest BCUT2D eigenvalue weighted by Crippen LogP contribution is -2.51. The monoisotopic (exact) mass is 463 g/mol. The van der Waals surface area contributed by atoms with E-state index >= 15 is 0 Å². The molecule has 0 spiro atoms. The van der Waals surface area contributed by atoms with E-state index in [2.05, 4.69) is 20.1 Å². The number of carbonyl (C=O) groups is 2. The molecule has 9 nitrogen and oxygen atoms in total. The summed E-state index contributed by atoms with van der Waals surface area (Å²) in [5.74, 6) is -0.330. The van der Waals surface area contributed by atoms with Gasteiger partial charge in [0.1, 0.15) is 11.5 Å². The Hall–Kier alpha value is -3.99. The summed E-state index contributed by atoms with van der Waals surface area (Å²) in [6.45, 7) is 1.45. The van der Waals surface area contributed by atoms with Gasteiger partial charge in [0.05, 0.1) is 16.8 Å². The molecule has 4 aromatic rings. The molecule has 0 atom stereocenters. The number of halogens is 1. The number of piperazine rings is 1. The van der Waals surface area contributed by atoms with Crippen LogP contribution in [0.4, 0.5) is 4.39 Å². The first-order chi connectivity index (χ1) is 16.1. The van der Waals surface area contributed by atoms with Crippen LogP contribution in [-0.2, 0) is 0 Å². The number of amides is 2. The Bertz CT molecular complexity index is 1270. The predicted molar refractivity (Wildman–Crippen MR) is 118 cm³/mol. The van der Waals surface area contributed by atoms with Crippen LogP contribution in [0, 0.1) is 5.82 Å². The molecule has 33 heavy (non-hydrogen) atoms. The summed E-state index contributed by atoms with van der Waals surface area (Å²) < 4.78 is 15.0. The lowest BCUT2D eigenvalue weighted by Gasteiger charge is -2.33. The van der Waals surface area contributed by atoms with Gasteiger partial charge in [0.15, 0.2) is 5.82 Å². The van der Waals surface area contributed by atoms with Gasteiger partial charge in [-0.2, -0.15) is 0 Å². The smallest absolute Gasteiger partial charge is 0.293 e. The Morgan fingerprint density at radius 1 is 0.939 bits per heavy atom. The molecule has 166 valence electrons. The highest BCUT2D eigenvalue weighted by molar-refractivity contribution is 7.13. The van der Waals surface area contributed by atoms with Gasteiger partial charge in [0.2, 0.25) is 5.82 Å². The molecule has 0 saturated carbocycles. The van der Waals surface area contributed by atoms with Crippen molar-refractivity contribution in [2.75, 3.05) is 26.2 Å². The van der Waals surface area contributed by atoms with Crippen molar-refractivity contribution in [1.29, 1.82) is 0 Å². The minimum atomic E-state index is -0.359. The van der Waals surface area contributed by atoms with E-state index in [1.807, 2.05) is 17.5 Å². The van der Waals surface area contributed by atoms with Crippen molar-refractivity contribution in [2.45, 2.75) is 0 Å². The third-order valence-electron chi connectivity index (χ3n) is 5.25. The van der Waals surface area contributed by atoms with Gasteiger partial charge in [-0.3, -0.25) is 14.6 Å². The van der Waals surface area contributed by atoms with Crippen molar-refractivity contribution in [2.24, 2.45) is 0 Å². The third-order valence-corrected chi connectivity index (χ3v) is 6.11. The molecule has 4 heterocycles. The van der Waals surface area contributed by atoms with Crippen LogP contribution < -0.4 is 0 Å². The Balaban J connectivity index is 1.35. The number of nitrogens with zero attached hydrogens (tertiary/aromatic N) is 7. The van der Waals surface area contributed by atoms with E-state index in [4.69, 9.17) is 0 Å². The molecule has 0 N–H and O–H groups in total. The van der Waals surface area contributed by atoms with Crippen molar-refractivity contribution in [1.82, 2.24) is 34.5 Å². The van der Waals surface area contributed by atoms with E-state index in [1.165, 1.54) is 42.1 Å². The molecule has 0 aliphatic carbocycles. The molecule has 0 bridgehead atoms. The standard InChI is InChI=1S/C22H18FN7O2S/c23-15-3-5-16(6-4-15)30-20(18-2-1-13-33-18)26-19(27-30)22(32)29-11-9-28(10-12-29)21(31)17-14-24-7-8-25-17/h1-8,13-14H,9-12H2. The Kier molecular flexibility index (Phi) is 5.61. The van der Waals surface area contributed by atoms with E-state index in [1.54, 1.807) is 26.6 Å². The average molecular weight is 463 g/mol. The number of carbonyl (C=O) groups excluding carboxylic acids is 2. The Morgan fingerprint density at radius 3 is 2.30 bits per heavy atom. The molecule has 5 rings (SSSR count). The Morgan fingerprint density at radius 2 is 1.67 bits per heavy atom. The topological polar surface area (TPSA) is 97.1 Å². The van der Waals surface area contributed by atoms with E-state index in [-0.39, 0.29) is 29.1 Å². The van der Waals surface area contributed by atoms with Gasteiger partial charge in [-0.05, 0) is 35.7 Å². The fourth-order valence-corrected chi connectivity index (χ4v) is 4.25. The highest BCUT2D eigenvalue weighted by Gasteiger charge is 2.29. The predicted octanol–water partition coefficient (Wildman–Crippen LogP) is 2.52. The summed E-state index contributed by atoms with van der Waals surface area (Å²) in [6.07, 6.45) is 4.41. The first kappa shape index (κ1) is 20.9. The second-order valence-corrected chi connectivity index (χ2v) is 8.25. The molecule has 1 saturated heterocycles. The number of thiophene rings is 1. The number of hydrogen-bond donors (Lipinski definition) is 0. The fourth-order valence-electron chi connectivity index (χ4n) is 3.56. The number of hydrogen-bond acceptors (Lipinski definition) is 7. The van der Waals surface area contributed by atoms with E-state index in [9.17, 15) is 14.0 Å². The largest absolute Gasteiger partial charge is 0.334 e. The zero-order chi connectivity index (χ0) is 22.8. The molecule has 3 aromatic heterocycles. The van der Waals surface area contributed by atoms with Crippen LogP contribution >= 0.6 is 11.3 Å². The lowest BCUT2D eigenvalue weighted by atomic mass is 10.2. The summed E-state index contributed by atoms with van der Waals surface area (Å²) in [5, 5.41) is 6.35. The number of aromatic nitrogens is 5. The number of rotatable bonds is 4. The first-order valence-corrected chi connectivity index (χ1v) is 11.1.